The zero-order chi connectivity index (χ0) is 13.8. The molecule has 0 aliphatic carbocycles. The van der Waals surface area contributed by atoms with Gasteiger partial charge < -0.3 is 5.32 Å². The van der Waals surface area contributed by atoms with Crippen molar-refractivity contribution in [3.63, 3.8) is 0 Å². The third kappa shape index (κ3) is 3.61. The minimum Gasteiger partial charge on any atom is -0.314 e. The van der Waals surface area contributed by atoms with Gasteiger partial charge in [0, 0.05) is 12.6 Å². The van der Waals surface area contributed by atoms with Crippen LogP contribution in [-0.2, 0) is 6.54 Å². The topological polar surface area (TPSA) is 29.9 Å². The van der Waals surface area contributed by atoms with Crippen LogP contribution in [0.5, 0.6) is 0 Å². The van der Waals surface area contributed by atoms with Crippen molar-refractivity contribution in [1.29, 1.82) is 0 Å². The van der Waals surface area contributed by atoms with Gasteiger partial charge in [-0.25, -0.2) is 0 Å². The predicted octanol–water partition coefficient (Wildman–Crippen LogP) is 3.80. The molecule has 1 unspecified atom stereocenters. The first kappa shape index (κ1) is 14.6. The van der Waals surface area contributed by atoms with Crippen LogP contribution in [0.25, 0.3) is 6.08 Å². The molecule has 0 aromatic carbocycles. The molecule has 0 spiro atoms. The summed E-state index contributed by atoms with van der Waals surface area (Å²) in [7, 11) is 0. The number of piperidine rings is 1. The van der Waals surface area contributed by atoms with E-state index in [4.69, 9.17) is 11.6 Å². The highest BCUT2D eigenvalue weighted by atomic mass is 35.5. The molecule has 1 aromatic heterocycles. The molecule has 1 aromatic rings. The highest BCUT2D eigenvalue weighted by molar-refractivity contribution is 6.32. The molecule has 2 heterocycles. The van der Waals surface area contributed by atoms with Crippen molar-refractivity contribution in [3.05, 3.63) is 22.0 Å². The van der Waals surface area contributed by atoms with Crippen molar-refractivity contribution in [3.8, 4) is 0 Å². The van der Waals surface area contributed by atoms with Gasteiger partial charge in [-0.05, 0) is 52.7 Å². The SMILES string of the molecule is CCn1nc(C)c(Cl)c1/C=C(/C)CC1CCCCN1. The summed E-state index contributed by atoms with van der Waals surface area (Å²) < 4.78 is 1.98. The van der Waals surface area contributed by atoms with Crippen molar-refractivity contribution in [2.45, 2.75) is 59.0 Å². The summed E-state index contributed by atoms with van der Waals surface area (Å²) in [5.74, 6) is 0. The molecule has 19 heavy (non-hydrogen) atoms. The largest absolute Gasteiger partial charge is 0.314 e. The van der Waals surface area contributed by atoms with Gasteiger partial charge >= 0.3 is 0 Å². The average molecular weight is 282 g/mol. The van der Waals surface area contributed by atoms with Gasteiger partial charge in [-0.2, -0.15) is 5.10 Å². The number of halogens is 1. The van der Waals surface area contributed by atoms with E-state index in [9.17, 15) is 0 Å². The van der Waals surface area contributed by atoms with Gasteiger partial charge in [0.25, 0.3) is 0 Å². The lowest BCUT2D eigenvalue weighted by Gasteiger charge is -2.23. The van der Waals surface area contributed by atoms with Crippen LogP contribution in [-0.4, -0.2) is 22.4 Å². The van der Waals surface area contributed by atoms with E-state index in [0.717, 1.165) is 35.9 Å². The molecule has 2 rings (SSSR count). The lowest BCUT2D eigenvalue weighted by molar-refractivity contribution is 0.399. The minimum atomic E-state index is 0.628. The van der Waals surface area contributed by atoms with E-state index in [0.29, 0.717) is 6.04 Å². The van der Waals surface area contributed by atoms with Gasteiger partial charge in [0.1, 0.15) is 0 Å². The number of hydrogen-bond acceptors (Lipinski definition) is 2. The zero-order valence-electron chi connectivity index (χ0n) is 12.2. The van der Waals surface area contributed by atoms with E-state index in [2.05, 4.69) is 30.3 Å². The third-order valence-electron chi connectivity index (χ3n) is 3.75. The van der Waals surface area contributed by atoms with Gasteiger partial charge in [0.2, 0.25) is 0 Å². The highest BCUT2D eigenvalue weighted by Gasteiger charge is 2.14. The Hall–Kier alpha value is -0.800. The summed E-state index contributed by atoms with van der Waals surface area (Å²) in [6, 6.07) is 0.628. The highest BCUT2D eigenvalue weighted by Crippen LogP contribution is 2.24. The fraction of sp³-hybridized carbons (Fsp3) is 0.667. The molecule has 1 N–H and O–H groups in total. The quantitative estimate of drug-likeness (QED) is 0.910. The van der Waals surface area contributed by atoms with Gasteiger partial charge in [0.05, 0.1) is 16.4 Å². The maximum Gasteiger partial charge on any atom is 0.0888 e. The molecule has 1 aliphatic rings. The van der Waals surface area contributed by atoms with Crippen molar-refractivity contribution < 1.29 is 0 Å². The number of nitrogens with one attached hydrogen (secondary N) is 1. The Morgan fingerprint density at radius 2 is 2.32 bits per heavy atom. The van der Waals surface area contributed by atoms with E-state index in [1.54, 1.807) is 0 Å². The second-order valence-corrected chi connectivity index (χ2v) is 5.82. The summed E-state index contributed by atoms with van der Waals surface area (Å²) in [6.45, 7) is 8.26. The predicted molar refractivity (Wildman–Crippen MR) is 81.6 cm³/mol. The molecule has 106 valence electrons. The van der Waals surface area contributed by atoms with Crippen LogP contribution >= 0.6 is 11.6 Å². The monoisotopic (exact) mass is 281 g/mol. The Kier molecular flexibility index (Phi) is 5.06. The van der Waals surface area contributed by atoms with Crippen LogP contribution in [0, 0.1) is 6.92 Å². The van der Waals surface area contributed by atoms with Crippen molar-refractivity contribution in [2.75, 3.05) is 6.54 Å². The summed E-state index contributed by atoms with van der Waals surface area (Å²) in [6.07, 6.45) is 7.24. The van der Waals surface area contributed by atoms with Crippen LogP contribution < -0.4 is 5.32 Å². The first-order valence-corrected chi connectivity index (χ1v) is 7.63. The normalized spacial score (nSPS) is 20.8. The Balaban J connectivity index is 2.11. The molecule has 4 heteroatoms. The van der Waals surface area contributed by atoms with E-state index in [1.165, 1.54) is 24.8 Å². The molecule has 1 atom stereocenters. The summed E-state index contributed by atoms with van der Waals surface area (Å²) in [5, 5.41) is 8.83. The standard InChI is InChI=1S/C15H24ClN3/c1-4-19-14(15(16)12(3)18-19)10-11(2)9-13-7-5-6-8-17-13/h10,13,17H,4-9H2,1-3H3/b11-10-. The lowest BCUT2D eigenvalue weighted by atomic mass is 9.98. The second kappa shape index (κ2) is 6.58. The van der Waals surface area contributed by atoms with Crippen LogP contribution in [0.2, 0.25) is 5.02 Å². The first-order valence-electron chi connectivity index (χ1n) is 7.25. The van der Waals surface area contributed by atoms with E-state index in [-0.39, 0.29) is 0 Å². The Morgan fingerprint density at radius 1 is 1.53 bits per heavy atom. The van der Waals surface area contributed by atoms with Crippen LogP contribution in [0.3, 0.4) is 0 Å². The maximum atomic E-state index is 6.34. The third-order valence-corrected chi connectivity index (χ3v) is 4.22. The van der Waals surface area contributed by atoms with E-state index < -0.39 is 0 Å². The fourth-order valence-corrected chi connectivity index (χ4v) is 2.93. The van der Waals surface area contributed by atoms with Crippen LogP contribution in [0.15, 0.2) is 5.57 Å². The smallest absolute Gasteiger partial charge is 0.0888 e. The lowest BCUT2D eigenvalue weighted by Crippen LogP contribution is -2.33. The molecule has 0 amide bonds. The van der Waals surface area contributed by atoms with Gasteiger partial charge in [-0.1, -0.05) is 23.6 Å². The molecule has 0 saturated carbocycles. The number of nitrogens with zero attached hydrogens (tertiary/aromatic N) is 2. The summed E-state index contributed by atoms with van der Waals surface area (Å²) in [4.78, 5) is 0. The maximum absolute atomic E-state index is 6.34. The number of aromatic nitrogens is 2. The van der Waals surface area contributed by atoms with Gasteiger partial charge in [-0.3, -0.25) is 4.68 Å². The summed E-state index contributed by atoms with van der Waals surface area (Å²) in [5.41, 5.74) is 3.34. The van der Waals surface area contributed by atoms with E-state index in [1.807, 2.05) is 11.6 Å². The molecule has 3 nitrogen and oxygen atoms in total. The fourth-order valence-electron chi connectivity index (χ4n) is 2.74. The Morgan fingerprint density at radius 3 is 2.95 bits per heavy atom. The summed E-state index contributed by atoms with van der Waals surface area (Å²) >= 11 is 6.34. The molecular formula is C15H24ClN3. The van der Waals surface area contributed by atoms with E-state index >= 15 is 0 Å². The van der Waals surface area contributed by atoms with Crippen molar-refractivity contribution in [2.24, 2.45) is 0 Å². The number of rotatable bonds is 4. The molecule has 1 fully saturated rings. The zero-order valence-corrected chi connectivity index (χ0v) is 12.9. The van der Waals surface area contributed by atoms with Crippen LogP contribution in [0.1, 0.15) is 50.9 Å². The van der Waals surface area contributed by atoms with Gasteiger partial charge in [-0.15, -0.1) is 0 Å². The molecular weight excluding hydrogens is 258 g/mol. The molecule has 0 radical (unpaired) electrons. The number of hydrogen-bond donors (Lipinski definition) is 1. The number of aryl methyl sites for hydroxylation is 2. The average Bonchev–Trinajstić information content (AvgIpc) is 2.67. The Bertz CT molecular complexity index is 456. The molecule has 1 aliphatic heterocycles. The first-order chi connectivity index (χ1) is 9.11. The van der Waals surface area contributed by atoms with Crippen LogP contribution in [0.4, 0.5) is 0 Å². The molecule has 1 saturated heterocycles. The van der Waals surface area contributed by atoms with Crippen molar-refractivity contribution >= 4 is 17.7 Å². The minimum absolute atomic E-state index is 0.628. The second-order valence-electron chi connectivity index (χ2n) is 5.44. The van der Waals surface area contributed by atoms with Crippen molar-refractivity contribution in [1.82, 2.24) is 15.1 Å². The van der Waals surface area contributed by atoms with Gasteiger partial charge in [0.15, 0.2) is 0 Å². The molecule has 0 bridgehead atoms. The Labute approximate surface area is 121 Å².